The van der Waals surface area contributed by atoms with Crippen LogP contribution in [0, 0.1) is 11.8 Å². The molecule has 3 heterocycles. The van der Waals surface area contributed by atoms with Gasteiger partial charge in [-0.05, 0) is 75.8 Å². The van der Waals surface area contributed by atoms with Crippen LogP contribution in [-0.2, 0) is 14.4 Å². The molecule has 0 spiro atoms. The molecule has 5 atom stereocenters. The Morgan fingerprint density at radius 3 is 2.27 bits per heavy atom. The highest BCUT2D eigenvalue weighted by Crippen LogP contribution is 2.47. The van der Waals surface area contributed by atoms with E-state index in [2.05, 4.69) is 15.0 Å². The minimum atomic E-state index is -1.46. The van der Waals surface area contributed by atoms with Crippen molar-refractivity contribution in [2.24, 2.45) is 22.7 Å². The van der Waals surface area contributed by atoms with Crippen LogP contribution in [0.5, 0.6) is 0 Å². The predicted molar refractivity (Wildman–Crippen MR) is 150 cm³/mol. The highest BCUT2D eigenvalue weighted by Gasteiger charge is 2.45. The number of fused-ring (bicyclic) bond motifs is 5. The van der Waals surface area contributed by atoms with E-state index < -0.39 is 29.3 Å². The van der Waals surface area contributed by atoms with Crippen molar-refractivity contribution < 1.29 is 19.5 Å². The number of carbonyl (C=O) groups is 2. The molecule has 40 heavy (non-hydrogen) atoms. The molecular weight excluding hydrogens is 510 g/mol. The number of aliphatic carboxylic acids is 1. The number of para-hydroxylation sites is 2. The average Bonchev–Trinajstić information content (AvgIpc) is 2.92. The van der Waals surface area contributed by atoms with Crippen molar-refractivity contribution in [1.29, 1.82) is 0 Å². The van der Waals surface area contributed by atoms with E-state index in [0.717, 1.165) is 37.5 Å². The molecule has 1 aromatic heterocycles. The lowest BCUT2D eigenvalue weighted by Gasteiger charge is -2.55. The average molecular weight is 550 g/mol. The Hall–Kier alpha value is -3.27. The summed E-state index contributed by atoms with van der Waals surface area (Å²) in [5.74, 6) is -0.535. The molecule has 4 aliphatic rings. The third-order valence-corrected chi connectivity index (χ3v) is 9.82. The highest BCUT2D eigenvalue weighted by molar-refractivity contribution is 6.41. The zero-order valence-electron chi connectivity index (χ0n) is 23.1. The van der Waals surface area contributed by atoms with Gasteiger partial charge in [0, 0.05) is 24.2 Å². The minimum absolute atomic E-state index is 0.0747. The van der Waals surface area contributed by atoms with Crippen molar-refractivity contribution in [3.05, 3.63) is 40.3 Å². The Kier molecular flexibility index (Phi) is 7.37. The third kappa shape index (κ3) is 5.02. The van der Waals surface area contributed by atoms with Gasteiger partial charge in [-0.2, -0.15) is 0 Å². The van der Waals surface area contributed by atoms with Crippen molar-refractivity contribution >= 4 is 28.6 Å². The SMILES string of the molecule is CC(ON=C(C(=O)O)c1nc2ccccc2n(C2CC3CCCC(C2)N3C2CC3CCCC(C3)C2)c1=O)C(N)=O. The molecule has 4 bridgehead atoms. The lowest BCUT2D eigenvalue weighted by molar-refractivity contribution is -0.131. The highest BCUT2D eigenvalue weighted by atomic mass is 16.6. The number of nitrogens with zero attached hydrogens (tertiary/aromatic N) is 4. The lowest BCUT2D eigenvalue weighted by Crippen LogP contribution is -2.58. The second-order valence-corrected chi connectivity index (χ2v) is 12.4. The maximum Gasteiger partial charge on any atom is 0.360 e. The molecule has 1 aromatic carbocycles. The van der Waals surface area contributed by atoms with Crippen LogP contribution in [0.15, 0.2) is 34.2 Å². The number of benzene rings is 1. The van der Waals surface area contributed by atoms with Crippen LogP contribution in [0.4, 0.5) is 0 Å². The Labute approximate surface area is 233 Å². The summed E-state index contributed by atoms with van der Waals surface area (Å²) < 4.78 is 1.76. The van der Waals surface area contributed by atoms with Gasteiger partial charge in [-0.25, -0.2) is 9.78 Å². The monoisotopic (exact) mass is 549 g/mol. The molecule has 0 radical (unpaired) electrons. The van der Waals surface area contributed by atoms with Crippen molar-refractivity contribution in [3.63, 3.8) is 0 Å². The standard InChI is InChI=1S/C30H39N5O5/c1-17(28(31)36)40-33-27(30(38)39)26-29(37)35(25-11-3-2-10-24(25)32-26)23-15-20-8-5-9-21(16-23)34(20)22-13-18-6-4-7-19(12-18)14-22/h2-3,10-11,17-23H,4-9,12-16H2,1H3,(H2,31,36)(H,38,39). The van der Waals surface area contributed by atoms with Crippen LogP contribution in [0.2, 0.25) is 0 Å². The number of carbonyl (C=O) groups excluding carboxylic acids is 1. The normalized spacial score (nSPS) is 31.5. The van der Waals surface area contributed by atoms with E-state index in [1.54, 1.807) is 10.6 Å². The van der Waals surface area contributed by atoms with Crippen molar-refractivity contribution in [2.45, 2.75) is 108 Å². The van der Waals surface area contributed by atoms with Crippen molar-refractivity contribution in [3.8, 4) is 0 Å². The van der Waals surface area contributed by atoms with Crippen LogP contribution in [-0.4, -0.2) is 61.4 Å². The first-order chi connectivity index (χ1) is 19.3. The summed E-state index contributed by atoms with van der Waals surface area (Å²) in [5.41, 5.74) is 5.01. The number of nitrogens with two attached hydrogens (primary N) is 1. The Balaban J connectivity index is 1.36. The summed E-state index contributed by atoms with van der Waals surface area (Å²) in [6.07, 6.45) is 12.1. The molecule has 5 unspecified atom stereocenters. The topological polar surface area (TPSA) is 140 Å². The van der Waals surface area contributed by atoms with Gasteiger partial charge in [0.1, 0.15) is 0 Å². The van der Waals surface area contributed by atoms with Crippen molar-refractivity contribution in [2.75, 3.05) is 0 Å². The predicted octanol–water partition coefficient (Wildman–Crippen LogP) is 3.60. The van der Waals surface area contributed by atoms with E-state index in [4.69, 9.17) is 10.6 Å². The van der Waals surface area contributed by atoms with Gasteiger partial charge in [0.2, 0.25) is 11.8 Å². The van der Waals surface area contributed by atoms with Crippen LogP contribution < -0.4 is 11.3 Å². The number of hydrogen-bond donors (Lipinski definition) is 2. The second kappa shape index (κ2) is 11.0. The zero-order valence-corrected chi connectivity index (χ0v) is 23.1. The summed E-state index contributed by atoms with van der Waals surface area (Å²) in [4.78, 5) is 49.9. The van der Waals surface area contributed by atoms with Gasteiger partial charge in [-0.15, -0.1) is 0 Å². The quantitative estimate of drug-likeness (QED) is 0.397. The molecule has 2 aliphatic carbocycles. The molecular formula is C30H39N5O5. The molecule has 2 saturated carbocycles. The van der Waals surface area contributed by atoms with E-state index >= 15 is 0 Å². The Morgan fingerprint density at radius 2 is 1.62 bits per heavy atom. The minimum Gasteiger partial charge on any atom is -0.476 e. The summed E-state index contributed by atoms with van der Waals surface area (Å²) in [6.45, 7) is 1.36. The first-order valence-corrected chi connectivity index (χ1v) is 14.9. The van der Waals surface area contributed by atoms with Gasteiger partial charge in [0.15, 0.2) is 5.69 Å². The Morgan fingerprint density at radius 1 is 0.975 bits per heavy atom. The van der Waals surface area contributed by atoms with E-state index in [9.17, 15) is 19.5 Å². The number of carboxylic acid groups (broad SMARTS) is 1. The molecule has 2 aliphatic heterocycles. The fourth-order valence-electron chi connectivity index (χ4n) is 8.17. The van der Waals surface area contributed by atoms with Gasteiger partial charge in [-0.3, -0.25) is 14.5 Å². The van der Waals surface area contributed by atoms with Crippen LogP contribution >= 0.6 is 0 Å². The third-order valence-electron chi connectivity index (χ3n) is 9.82. The molecule has 10 heteroatoms. The van der Waals surface area contributed by atoms with Crippen LogP contribution in [0.1, 0.15) is 89.3 Å². The molecule has 3 N–H and O–H groups in total. The Bertz CT molecular complexity index is 1360. The summed E-state index contributed by atoms with van der Waals surface area (Å²) >= 11 is 0. The molecule has 10 nitrogen and oxygen atoms in total. The number of primary amides is 1. The molecule has 2 saturated heterocycles. The van der Waals surface area contributed by atoms with Gasteiger partial charge < -0.3 is 20.2 Å². The van der Waals surface area contributed by atoms with Crippen LogP contribution in [0.25, 0.3) is 11.0 Å². The largest absolute Gasteiger partial charge is 0.476 e. The molecule has 1 amide bonds. The van der Waals surface area contributed by atoms with Gasteiger partial charge in [0.25, 0.3) is 11.5 Å². The molecule has 4 fully saturated rings. The van der Waals surface area contributed by atoms with Crippen molar-refractivity contribution in [1.82, 2.24) is 14.5 Å². The maximum absolute atomic E-state index is 14.0. The second-order valence-electron chi connectivity index (χ2n) is 12.4. The fraction of sp³-hybridized carbons (Fsp3) is 0.633. The van der Waals surface area contributed by atoms with Gasteiger partial charge in [0.05, 0.1) is 11.0 Å². The number of hydrogen-bond acceptors (Lipinski definition) is 7. The summed E-state index contributed by atoms with van der Waals surface area (Å²) in [6, 6.07) is 8.73. The number of aromatic nitrogens is 2. The number of oxime groups is 1. The lowest BCUT2D eigenvalue weighted by atomic mass is 9.68. The first kappa shape index (κ1) is 26.9. The number of amides is 1. The molecule has 2 aromatic rings. The fourth-order valence-corrected chi connectivity index (χ4v) is 8.17. The smallest absolute Gasteiger partial charge is 0.360 e. The molecule has 214 valence electrons. The number of piperidine rings is 2. The summed E-state index contributed by atoms with van der Waals surface area (Å²) in [5, 5.41) is 13.6. The summed E-state index contributed by atoms with van der Waals surface area (Å²) in [7, 11) is 0. The maximum atomic E-state index is 14.0. The van der Waals surface area contributed by atoms with Gasteiger partial charge in [-0.1, -0.05) is 43.0 Å². The van der Waals surface area contributed by atoms with E-state index in [1.165, 1.54) is 51.9 Å². The van der Waals surface area contributed by atoms with Crippen LogP contribution in [0.3, 0.4) is 0 Å². The number of rotatable bonds is 7. The zero-order chi connectivity index (χ0) is 28.0. The van der Waals surface area contributed by atoms with E-state index in [1.807, 2.05) is 18.2 Å². The number of carboxylic acids is 1. The first-order valence-electron chi connectivity index (χ1n) is 14.9. The van der Waals surface area contributed by atoms with Gasteiger partial charge >= 0.3 is 5.97 Å². The van der Waals surface area contributed by atoms with E-state index in [-0.39, 0.29) is 11.7 Å². The van der Waals surface area contributed by atoms with E-state index in [0.29, 0.717) is 29.2 Å². The molecule has 6 rings (SSSR count).